The summed E-state index contributed by atoms with van der Waals surface area (Å²) in [5, 5.41) is 12.8. The molecule has 1 N–H and O–H groups in total. The second-order valence-electron chi connectivity index (χ2n) is 4.56. The first kappa shape index (κ1) is 12.6. The van der Waals surface area contributed by atoms with Crippen LogP contribution in [0.15, 0.2) is 40.9 Å². The van der Waals surface area contributed by atoms with Gasteiger partial charge < -0.3 is 9.63 Å². The molecule has 0 bridgehead atoms. The van der Waals surface area contributed by atoms with Crippen molar-refractivity contribution in [1.29, 1.82) is 0 Å². The number of carbonyl (C=O) groups is 1. The first-order valence-electron chi connectivity index (χ1n) is 6.26. The summed E-state index contributed by atoms with van der Waals surface area (Å²) in [5.74, 6) is 0.0852. The zero-order valence-corrected chi connectivity index (χ0v) is 10.7. The van der Waals surface area contributed by atoms with Crippen LogP contribution >= 0.6 is 0 Å². The van der Waals surface area contributed by atoms with Gasteiger partial charge in [-0.1, -0.05) is 29.4 Å². The standard InChI is InChI=1S/C14H13N3O3/c18-14(19)11-5-3-10(4-6-11)13-15-12(20-16-13)9-17-7-1-2-8-17/h1-6H,7-9H2,(H,18,19). The Hall–Kier alpha value is -2.47. The second-order valence-corrected chi connectivity index (χ2v) is 4.56. The maximum absolute atomic E-state index is 10.8. The molecule has 0 amide bonds. The van der Waals surface area contributed by atoms with Crippen LogP contribution in [0.25, 0.3) is 11.4 Å². The molecule has 1 aromatic heterocycles. The molecule has 6 heteroatoms. The van der Waals surface area contributed by atoms with Gasteiger partial charge in [-0.15, -0.1) is 0 Å². The molecule has 1 aliphatic rings. The SMILES string of the molecule is O=C(O)c1ccc(-c2noc(CN3CC=CC3)n2)cc1. The number of hydrogen-bond donors (Lipinski definition) is 1. The molecule has 0 fully saturated rings. The maximum atomic E-state index is 10.8. The van der Waals surface area contributed by atoms with Crippen LogP contribution in [-0.4, -0.2) is 39.2 Å². The highest BCUT2D eigenvalue weighted by Gasteiger charge is 2.14. The van der Waals surface area contributed by atoms with Gasteiger partial charge in [-0.05, 0) is 12.1 Å². The highest BCUT2D eigenvalue weighted by atomic mass is 16.5. The van der Waals surface area contributed by atoms with Crippen LogP contribution in [0.1, 0.15) is 16.2 Å². The van der Waals surface area contributed by atoms with E-state index >= 15 is 0 Å². The average Bonchev–Trinajstić information content (AvgIpc) is 3.11. The number of hydrogen-bond acceptors (Lipinski definition) is 5. The summed E-state index contributed by atoms with van der Waals surface area (Å²) < 4.78 is 5.21. The fraction of sp³-hybridized carbons (Fsp3) is 0.214. The zero-order valence-electron chi connectivity index (χ0n) is 10.7. The topological polar surface area (TPSA) is 79.5 Å². The van der Waals surface area contributed by atoms with Crippen LogP contribution in [0.4, 0.5) is 0 Å². The molecule has 2 aromatic rings. The lowest BCUT2D eigenvalue weighted by molar-refractivity contribution is 0.0697. The third kappa shape index (κ3) is 2.60. The van der Waals surface area contributed by atoms with E-state index in [-0.39, 0.29) is 5.56 Å². The Balaban J connectivity index is 1.73. The second kappa shape index (κ2) is 5.26. The van der Waals surface area contributed by atoms with E-state index < -0.39 is 5.97 Å². The molecule has 0 spiro atoms. The summed E-state index contributed by atoms with van der Waals surface area (Å²) in [7, 11) is 0. The Bertz CT molecular complexity index is 638. The molecule has 0 aliphatic carbocycles. The van der Waals surface area contributed by atoms with Crippen molar-refractivity contribution >= 4 is 5.97 Å². The summed E-state index contributed by atoms with van der Waals surface area (Å²) in [6.07, 6.45) is 4.20. The van der Waals surface area contributed by atoms with Crippen LogP contribution in [-0.2, 0) is 6.54 Å². The van der Waals surface area contributed by atoms with Gasteiger partial charge in [-0.25, -0.2) is 4.79 Å². The third-order valence-corrected chi connectivity index (χ3v) is 3.11. The van der Waals surface area contributed by atoms with Gasteiger partial charge in [0.2, 0.25) is 11.7 Å². The predicted molar refractivity (Wildman–Crippen MR) is 71.1 cm³/mol. The number of carboxylic acids is 1. The summed E-state index contributed by atoms with van der Waals surface area (Å²) in [6, 6.07) is 6.40. The fourth-order valence-corrected chi connectivity index (χ4v) is 2.04. The van der Waals surface area contributed by atoms with Gasteiger partial charge in [0.15, 0.2) is 0 Å². The van der Waals surface area contributed by atoms with Crippen molar-refractivity contribution in [2.45, 2.75) is 6.54 Å². The van der Waals surface area contributed by atoms with Crippen LogP contribution in [0, 0.1) is 0 Å². The quantitative estimate of drug-likeness (QED) is 0.854. The predicted octanol–water partition coefficient (Wildman–Crippen LogP) is 1.81. The van der Waals surface area contributed by atoms with Crippen molar-refractivity contribution in [2.24, 2.45) is 0 Å². The van der Waals surface area contributed by atoms with E-state index in [0.29, 0.717) is 18.3 Å². The number of aromatic carboxylic acids is 1. The molecule has 3 rings (SSSR count). The van der Waals surface area contributed by atoms with Gasteiger partial charge in [0.05, 0.1) is 12.1 Å². The zero-order chi connectivity index (χ0) is 13.9. The molecule has 6 nitrogen and oxygen atoms in total. The summed E-state index contributed by atoms with van der Waals surface area (Å²) in [6.45, 7) is 2.41. The molecule has 0 unspecified atom stereocenters. The highest BCUT2D eigenvalue weighted by molar-refractivity contribution is 5.88. The van der Waals surface area contributed by atoms with E-state index in [0.717, 1.165) is 18.7 Å². The minimum absolute atomic E-state index is 0.237. The third-order valence-electron chi connectivity index (χ3n) is 3.11. The van der Waals surface area contributed by atoms with Crippen LogP contribution in [0.5, 0.6) is 0 Å². The first-order chi connectivity index (χ1) is 9.72. The number of rotatable bonds is 4. The van der Waals surface area contributed by atoms with Crippen molar-refractivity contribution in [3.05, 3.63) is 47.9 Å². The molecule has 0 saturated carbocycles. The van der Waals surface area contributed by atoms with Gasteiger partial charge >= 0.3 is 5.97 Å². The van der Waals surface area contributed by atoms with Gasteiger partial charge in [0.1, 0.15) is 0 Å². The smallest absolute Gasteiger partial charge is 0.335 e. The van der Waals surface area contributed by atoms with Crippen molar-refractivity contribution in [1.82, 2.24) is 15.0 Å². The van der Waals surface area contributed by atoms with Gasteiger partial charge in [-0.2, -0.15) is 4.98 Å². The maximum Gasteiger partial charge on any atom is 0.335 e. The van der Waals surface area contributed by atoms with Crippen molar-refractivity contribution in [2.75, 3.05) is 13.1 Å². The molecule has 102 valence electrons. The van der Waals surface area contributed by atoms with Crippen LogP contribution < -0.4 is 0 Å². The monoisotopic (exact) mass is 271 g/mol. The summed E-state index contributed by atoms with van der Waals surface area (Å²) in [5.41, 5.74) is 0.977. The van der Waals surface area contributed by atoms with Crippen LogP contribution in [0.2, 0.25) is 0 Å². The molecule has 2 heterocycles. The van der Waals surface area contributed by atoms with Crippen molar-refractivity contribution in [3.8, 4) is 11.4 Å². The van der Waals surface area contributed by atoms with Gasteiger partial charge in [-0.3, -0.25) is 4.90 Å². The lowest BCUT2D eigenvalue weighted by atomic mass is 10.1. The number of nitrogens with zero attached hydrogens (tertiary/aromatic N) is 3. The van der Waals surface area contributed by atoms with E-state index in [1.807, 2.05) is 0 Å². The molecule has 1 aliphatic heterocycles. The molecule has 0 saturated heterocycles. The van der Waals surface area contributed by atoms with E-state index in [1.165, 1.54) is 12.1 Å². The number of carboxylic acid groups (broad SMARTS) is 1. The largest absolute Gasteiger partial charge is 0.478 e. The summed E-state index contributed by atoms with van der Waals surface area (Å²) >= 11 is 0. The lowest BCUT2D eigenvalue weighted by Gasteiger charge is -2.10. The van der Waals surface area contributed by atoms with Gasteiger partial charge in [0, 0.05) is 18.7 Å². The van der Waals surface area contributed by atoms with Crippen LogP contribution in [0.3, 0.4) is 0 Å². The van der Waals surface area contributed by atoms with E-state index in [1.54, 1.807) is 12.1 Å². The number of benzene rings is 1. The normalized spacial score (nSPS) is 14.8. The lowest BCUT2D eigenvalue weighted by Crippen LogP contribution is -2.19. The Labute approximate surface area is 115 Å². The Morgan fingerprint density at radius 2 is 1.95 bits per heavy atom. The van der Waals surface area contributed by atoms with E-state index in [4.69, 9.17) is 9.63 Å². The highest BCUT2D eigenvalue weighted by Crippen LogP contribution is 2.17. The molecule has 0 atom stereocenters. The van der Waals surface area contributed by atoms with Crippen molar-refractivity contribution < 1.29 is 14.4 Å². The van der Waals surface area contributed by atoms with Crippen molar-refractivity contribution in [3.63, 3.8) is 0 Å². The number of aromatic nitrogens is 2. The molecule has 1 aromatic carbocycles. The molecular weight excluding hydrogens is 258 g/mol. The average molecular weight is 271 g/mol. The Morgan fingerprint density at radius 3 is 2.60 bits per heavy atom. The first-order valence-corrected chi connectivity index (χ1v) is 6.26. The van der Waals surface area contributed by atoms with Gasteiger partial charge in [0.25, 0.3) is 0 Å². The molecule has 0 radical (unpaired) electrons. The van der Waals surface area contributed by atoms with E-state index in [2.05, 4.69) is 27.2 Å². The fourth-order valence-electron chi connectivity index (χ4n) is 2.04. The molecular formula is C14H13N3O3. The van der Waals surface area contributed by atoms with E-state index in [9.17, 15) is 4.79 Å². The summed E-state index contributed by atoms with van der Waals surface area (Å²) in [4.78, 5) is 17.3. The Kier molecular flexibility index (Phi) is 3.30. The Morgan fingerprint density at radius 1 is 1.25 bits per heavy atom. The minimum Gasteiger partial charge on any atom is -0.478 e. The molecule has 20 heavy (non-hydrogen) atoms. The minimum atomic E-state index is -0.952.